The third-order valence-electron chi connectivity index (χ3n) is 3.39. The quantitative estimate of drug-likeness (QED) is 0.762. The standard InChI is InChI=1S/C14H28N2O2/c1-6-8-16-12(17)7-9-15-11-10-13(2,3)18-14(11,4)5/h11,15H,6-10H2,1-5H3,(H,16,17). The van der Waals surface area contributed by atoms with Crippen molar-refractivity contribution in [3.05, 3.63) is 0 Å². The molecule has 18 heavy (non-hydrogen) atoms. The van der Waals surface area contributed by atoms with E-state index in [1.807, 2.05) is 0 Å². The Morgan fingerprint density at radius 3 is 2.44 bits per heavy atom. The second kappa shape index (κ2) is 6.02. The minimum atomic E-state index is -0.163. The number of hydrogen-bond donors (Lipinski definition) is 2. The fraction of sp³-hybridized carbons (Fsp3) is 0.929. The van der Waals surface area contributed by atoms with Gasteiger partial charge in [0.05, 0.1) is 11.2 Å². The van der Waals surface area contributed by atoms with Gasteiger partial charge in [-0.05, 0) is 40.5 Å². The van der Waals surface area contributed by atoms with Crippen molar-refractivity contribution >= 4 is 5.91 Å². The summed E-state index contributed by atoms with van der Waals surface area (Å²) in [6, 6.07) is 0.312. The van der Waals surface area contributed by atoms with Crippen LogP contribution in [0.25, 0.3) is 0 Å². The van der Waals surface area contributed by atoms with Crippen molar-refractivity contribution in [2.45, 2.75) is 71.1 Å². The summed E-state index contributed by atoms with van der Waals surface area (Å²) in [5.74, 6) is 0.125. The smallest absolute Gasteiger partial charge is 0.221 e. The molecule has 1 atom stereocenters. The Kier molecular flexibility index (Phi) is 5.17. The Hall–Kier alpha value is -0.610. The van der Waals surface area contributed by atoms with E-state index in [-0.39, 0.29) is 17.1 Å². The molecule has 0 radical (unpaired) electrons. The Labute approximate surface area is 111 Å². The first-order valence-electron chi connectivity index (χ1n) is 6.97. The minimum Gasteiger partial charge on any atom is -0.368 e. The third kappa shape index (κ3) is 4.58. The molecule has 1 aliphatic rings. The van der Waals surface area contributed by atoms with Gasteiger partial charge in [0.25, 0.3) is 0 Å². The molecule has 2 N–H and O–H groups in total. The molecule has 0 bridgehead atoms. The molecule has 1 heterocycles. The van der Waals surface area contributed by atoms with Crippen molar-refractivity contribution in [3.63, 3.8) is 0 Å². The molecule has 0 aliphatic carbocycles. The molecule has 0 aromatic heterocycles. The first-order chi connectivity index (χ1) is 8.27. The molecule has 1 fully saturated rings. The summed E-state index contributed by atoms with van der Waals surface area (Å²) in [4.78, 5) is 11.5. The van der Waals surface area contributed by atoms with Crippen LogP contribution < -0.4 is 10.6 Å². The minimum absolute atomic E-state index is 0.0777. The van der Waals surface area contributed by atoms with Crippen molar-refractivity contribution < 1.29 is 9.53 Å². The first-order valence-corrected chi connectivity index (χ1v) is 6.97. The van der Waals surface area contributed by atoms with Gasteiger partial charge in [-0.25, -0.2) is 0 Å². The van der Waals surface area contributed by atoms with Gasteiger partial charge in [-0.2, -0.15) is 0 Å². The number of nitrogens with one attached hydrogen (secondary N) is 2. The number of rotatable bonds is 6. The lowest BCUT2D eigenvalue weighted by Crippen LogP contribution is -2.44. The van der Waals surface area contributed by atoms with E-state index in [1.54, 1.807) is 0 Å². The van der Waals surface area contributed by atoms with Gasteiger partial charge in [0, 0.05) is 25.6 Å². The molecular weight excluding hydrogens is 228 g/mol. The zero-order valence-electron chi connectivity index (χ0n) is 12.4. The van der Waals surface area contributed by atoms with Crippen molar-refractivity contribution in [2.75, 3.05) is 13.1 Å². The van der Waals surface area contributed by atoms with E-state index in [9.17, 15) is 4.79 Å². The van der Waals surface area contributed by atoms with E-state index in [0.29, 0.717) is 19.0 Å². The third-order valence-corrected chi connectivity index (χ3v) is 3.39. The summed E-state index contributed by atoms with van der Waals surface area (Å²) in [7, 11) is 0. The van der Waals surface area contributed by atoms with Crippen molar-refractivity contribution in [1.29, 1.82) is 0 Å². The zero-order chi connectivity index (χ0) is 13.8. The van der Waals surface area contributed by atoms with E-state index >= 15 is 0 Å². The maximum absolute atomic E-state index is 11.5. The van der Waals surface area contributed by atoms with E-state index in [1.165, 1.54) is 0 Å². The SMILES string of the molecule is CCCNC(=O)CCNC1CC(C)(C)OC1(C)C. The molecule has 1 rings (SSSR count). The predicted molar refractivity (Wildman–Crippen MR) is 73.6 cm³/mol. The van der Waals surface area contributed by atoms with Gasteiger partial charge in [0.1, 0.15) is 0 Å². The number of ether oxygens (including phenoxy) is 1. The van der Waals surface area contributed by atoms with E-state index in [2.05, 4.69) is 45.3 Å². The van der Waals surface area contributed by atoms with Crippen LogP contribution in [0, 0.1) is 0 Å². The van der Waals surface area contributed by atoms with Gasteiger partial charge in [-0.1, -0.05) is 6.92 Å². The summed E-state index contributed by atoms with van der Waals surface area (Å²) in [6.07, 6.45) is 2.50. The molecule has 1 amide bonds. The highest BCUT2D eigenvalue weighted by molar-refractivity contribution is 5.75. The predicted octanol–water partition coefficient (Wildman–Crippen LogP) is 1.84. The van der Waals surface area contributed by atoms with Crippen LogP contribution in [0.2, 0.25) is 0 Å². The second-order valence-electron chi connectivity index (χ2n) is 6.28. The van der Waals surface area contributed by atoms with Crippen molar-refractivity contribution in [1.82, 2.24) is 10.6 Å². The lowest BCUT2D eigenvalue weighted by Gasteiger charge is -2.27. The van der Waals surface area contributed by atoms with E-state index < -0.39 is 0 Å². The van der Waals surface area contributed by atoms with Crippen LogP contribution in [-0.2, 0) is 9.53 Å². The fourth-order valence-corrected chi connectivity index (χ4v) is 2.59. The maximum atomic E-state index is 11.5. The van der Waals surface area contributed by atoms with Gasteiger partial charge in [-0.15, -0.1) is 0 Å². The molecule has 0 aromatic rings. The Balaban J connectivity index is 2.29. The zero-order valence-corrected chi connectivity index (χ0v) is 12.4. The van der Waals surface area contributed by atoms with Crippen molar-refractivity contribution in [3.8, 4) is 0 Å². The molecule has 1 unspecified atom stereocenters. The lowest BCUT2D eigenvalue weighted by molar-refractivity contribution is -0.121. The van der Waals surface area contributed by atoms with Gasteiger partial charge >= 0.3 is 0 Å². The topological polar surface area (TPSA) is 50.4 Å². The molecule has 106 valence electrons. The first kappa shape index (κ1) is 15.4. The lowest BCUT2D eigenvalue weighted by atomic mass is 9.94. The number of hydrogen-bond acceptors (Lipinski definition) is 3. The number of amides is 1. The van der Waals surface area contributed by atoms with Crippen LogP contribution in [-0.4, -0.2) is 36.2 Å². The van der Waals surface area contributed by atoms with Crippen LogP contribution in [0.15, 0.2) is 0 Å². The summed E-state index contributed by atoms with van der Waals surface area (Å²) < 4.78 is 6.01. The van der Waals surface area contributed by atoms with Crippen LogP contribution in [0.4, 0.5) is 0 Å². The van der Waals surface area contributed by atoms with E-state index in [0.717, 1.165) is 19.4 Å². The number of carbonyl (C=O) groups is 1. The second-order valence-corrected chi connectivity index (χ2v) is 6.28. The summed E-state index contributed by atoms with van der Waals surface area (Å²) >= 11 is 0. The average Bonchev–Trinajstić information content (AvgIpc) is 2.43. The maximum Gasteiger partial charge on any atom is 0.221 e. The highest BCUT2D eigenvalue weighted by Gasteiger charge is 2.45. The summed E-state index contributed by atoms with van der Waals surface area (Å²) in [6.45, 7) is 12.0. The normalized spacial score (nSPS) is 25.1. The van der Waals surface area contributed by atoms with Gasteiger partial charge in [0.2, 0.25) is 5.91 Å². The van der Waals surface area contributed by atoms with Crippen molar-refractivity contribution in [2.24, 2.45) is 0 Å². The molecule has 0 spiro atoms. The van der Waals surface area contributed by atoms with Crippen LogP contribution in [0.3, 0.4) is 0 Å². The van der Waals surface area contributed by atoms with Crippen LogP contribution in [0.5, 0.6) is 0 Å². The van der Waals surface area contributed by atoms with Gasteiger partial charge < -0.3 is 15.4 Å². The largest absolute Gasteiger partial charge is 0.368 e. The van der Waals surface area contributed by atoms with Crippen LogP contribution in [0.1, 0.15) is 53.9 Å². The Morgan fingerprint density at radius 2 is 1.94 bits per heavy atom. The van der Waals surface area contributed by atoms with Gasteiger partial charge in [-0.3, -0.25) is 4.79 Å². The molecule has 0 saturated carbocycles. The molecule has 4 heteroatoms. The van der Waals surface area contributed by atoms with E-state index in [4.69, 9.17) is 4.74 Å². The Bertz CT molecular complexity index is 288. The summed E-state index contributed by atoms with van der Waals surface area (Å²) in [5, 5.41) is 6.33. The highest BCUT2D eigenvalue weighted by Crippen LogP contribution is 2.37. The highest BCUT2D eigenvalue weighted by atomic mass is 16.5. The Morgan fingerprint density at radius 1 is 1.28 bits per heavy atom. The monoisotopic (exact) mass is 256 g/mol. The molecule has 1 aliphatic heterocycles. The summed E-state index contributed by atoms with van der Waals surface area (Å²) in [5.41, 5.74) is -0.241. The molecule has 1 saturated heterocycles. The molecule has 4 nitrogen and oxygen atoms in total. The number of carbonyl (C=O) groups excluding carboxylic acids is 1. The van der Waals surface area contributed by atoms with Gasteiger partial charge in [0.15, 0.2) is 0 Å². The molecule has 0 aromatic carbocycles. The average molecular weight is 256 g/mol. The van der Waals surface area contributed by atoms with Crippen LogP contribution >= 0.6 is 0 Å². The molecular formula is C14H28N2O2. The fourth-order valence-electron chi connectivity index (χ4n) is 2.59.